The van der Waals surface area contributed by atoms with Crippen LogP contribution in [0.2, 0.25) is 0 Å². The molecule has 2 heterocycles. The molecular weight excluding hydrogens is 324 g/mol. The van der Waals surface area contributed by atoms with Crippen molar-refractivity contribution in [1.82, 2.24) is 20.2 Å². The fraction of sp³-hybridized carbons (Fsp3) is 0.412. The molecule has 8 nitrogen and oxygen atoms in total. The van der Waals surface area contributed by atoms with E-state index >= 15 is 0 Å². The van der Waals surface area contributed by atoms with E-state index in [-0.39, 0.29) is 37.0 Å². The molecule has 2 aromatic rings. The predicted octanol–water partition coefficient (Wildman–Crippen LogP) is 1.17. The lowest BCUT2D eigenvalue weighted by Gasteiger charge is -2.21. The van der Waals surface area contributed by atoms with Gasteiger partial charge in [-0.15, -0.1) is 0 Å². The van der Waals surface area contributed by atoms with E-state index in [9.17, 15) is 9.59 Å². The molecule has 2 rings (SSSR count). The summed E-state index contributed by atoms with van der Waals surface area (Å²) in [5, 5.41) is 2.73. The second-order valence-electron chi connectivity index (χ2n) is 5.44. The van der Waals surface area contributed by atoms with Crippen LogP contribution in [-0.2, 0) is 16.1 Å². The number of carbonyl (C=O) groups is 2. The summed E-state index contributed by atoms with van der Waals surface area (Å²) in [6.07, 6.45) is 4.69. The molecule has 0 saturated carbocycles. The fourth-order valence-electron chi connectivity index (χ4n) is 2.13. The third-order valence-electron chi connectivity index (χ3n) is 3.45. The van der Waals surface area contributed by atoms with Gasteiger partial charge in [0.05, 0.1) is 31.3 Å². The Morgan fingerprint density at radius 1 is 1.32 bits per heavy atom. The summed E-state index contributed by atoms with van der Waals surface area (Å²) in [4.78, 5) is 34.3. The Bertz CT molecular complexity index is 670. The summed E-state index contributed by atoms with van der Waals surface area (Å²) < 4.78 is 10.2. The Morgan fingerprint density at radius 2 is 2.16 bits per heavy atom. The van der Waals surface area contributed by atoms with Gasteiger partial charge < -0.3 is 19.4 Å². The average molecular weight is 346 g/mol. The van der Waals surface area contributed by atoms with Crippen molar-refractivity contribution < 1.29 is 18.7 Å². The quantitative estimate of drug-likeness (QED) is 0.685. The van der Waals surface area contributed by atoms with Crippen molar-refractivity contribution >= 4 is 11.8 Å². The Kier molecular flexibility index (Phi) is 7.09. The van der Waals surface area contributed by atoms with Crippen molar-refractivity contribution in [2.24, 2.45) is 0 Å². The second-order valence-corrected chi connectivity index (χ2v) is 5.44. The summed E-state index contributed by atoms with van der Waals surface area (Å²) >= 11 is 0. The standard InChI is InChI=1S/C17H22N4O4/c1-13-10-20-15(11-19-13)17(23)21(12-14-4-3-8-25-14)7-5-16(22)18-6-9-24-2/h3-4,8,10-11H,5-7,9,12H2,1-2H3,(H,18,22). The molecule has 0 aliphatic rings. The first-order valence-electron chi connectivity index (χ1n) is 7.96. The minimum atomic E-state index is -0.298. The van der Waals surface area contributed by atoms with Gasteiger partial charge in [0.15, 0.2) is 0 Å². The Hall–Kier alpha value is -2.74. The molecule has 25 heavy (non-hydrogen) atoms. The van der Waals surface area contributed by atoms with Gasteiger partial charge in [-0.05, 0) is 19.1 Å². The SMILES string of the molecule is COCCNC(=O)CCN(Cc1ccco1)C(=O)c1cnc(C)cn1. The van der Waals surface area contributed by atoms with Gasteiger partial charge in [-0.3, -0.25) is 14.6 Å². The molecule has 134 valence electrons. The van der Waals surface area contributed by atoms with Crippen LogP contribution in [0.15, 0.2) is 35.2 Å². The van der Waals surface area contributed by atoms with Crippen LogP contribution in [0.4, 0.5) is 0 Å². The monoisotopic (exact) mass is 346 g/mol. The van der Waals surface area contributed by atoms with E-state index in [1.165, 1.54) is 17.3 Å². The molecule has 0 unspecified atom stereocenters. The topological polar surface area (TPSA) is 97.6 Å². The van der Waals surface area contributed by atoms with Crippen LogP contribution < -0.4 is 5.32 Å². The Balaban J connectivity index is 2.01. The summed E-state index contributed by atoms with van der Waals surface area (Å²) in [6, 6.07) is 3.53. The van der Waals surface area contributed by atoms with Crippen LogP contribution in [0.5, 0.6) is 0 Å². The molecule has 0 saturated heterocycles. The number of nitrogens with zero attached hydrogens (tertiary/aromatic N) is 3. The highest BCUT2D eigenvalue weighted by Gasteiger charge is 2.19. The van der Waals surface area contributed by atoms with Crippen LogP contribution in [-0.4, -0.2) is 53.5 Å². The normalized spacial score (nSPS) is 10.5. The van der Waals surface area contributed by atoms with E-state index in [0.717, 1.165) is 5.69 Å². The summed E-state index contributed by atoms with van der Waals surface area (Å²) in [5.74, 6) is 0.186. The number of aryl methyl sites for hydroxylation is 1. The number of aromatic nitrogens is 2. The number of rotatable bonds is 9. The van der Waals surface area contributed by atoms with Crippen molar-refractivity contribution in [3.8, 4) is 0 Å². The lowest BCUT2D eigenvalue weighted by Crippen LogP contribution is -2.36. The molecule has 1 N–H and O–H groups in total. The van der Waals surface area contributed by atoms with Crippen LogP contribution in [0, 0.1) is 6.92 Å². The maximum atomic E-state index is 12.7. The molecule has 2 aromatic heterocycles. The number of ether oxygens (including phenoxy) is 1. The van der Waals surface area contributed by atoms with Crippen molar-refractivity contribution in [3.05, 3.63) is 47.9 Å². The number of furan rings is 1. The molecule has 0 aliphatic heterocycles. The molecule has 0 aliphatic carbocycles. The van der Waals surface area contributed by atoms with Crippen LogP contribution >= 0.6 is 0 Å². The molecule has 0 aromatic carbocycles. The number of nitrogens with one attached hydrogen (secondary N) is 1. The maximum absolute atomic E-state index is 12.7. The smallest absolute Gasteiger partial charge is 0.274 e. The molecule has 0 bridgehead atoms. The van der Waals surface area contributed by atoms with Gasteiger partial charge in [0.25, 0.3) is 5.91 Å². The van der Waals surface area contributed by atoms with Crippen molar-refractivity contribution in [1.29, 1.82) is 0 Å². The zero-order valence-corrected chi connectivity index (χ0v) is 14.4. The van der Waals surface area contributed by atoms with Crippen molar-refractivity contribution in [3.63, 3.8) is 0 Å². The fourth-order valence-corrected chi connectivity index (χ4v) is 2.13. The third kappa shape index (κ3) is 6.00. The molecule has 0 radical (unpaired) electrons. The van der Waals surface area contributed by atoms with E-state index in [2.05, 4.69) is 15.3 Å². The minimum Gasteiger partial charge on any atom is -0.467 e. The molecule has 0 atom stereocenters. The van der Waals surface area contributed by atoms with Gasteiger partial charge in [0.1, 0.15) is 11.5 Å². The highest BCUT2D eigenvalue weighted by molar-refractivity contribution is 5.92. The maximum Gasteiger partial charge on any atom is 0.274 e. The van der Waals surface area contributed by atoms with Crippen LogP contribution in [0.1, 0.15) is 28.4 Å². The Morgan fingerprint density at radius 3 is 2.80 bits per heavy atom. The first-order chi connectivity index (χ1) is 12.1. The van der Waals surface area contributed by atoms with Gasteiger partial charge in [-0.2, -0.15) is 0 Å². The summed E-state index contributed by atoms with van der Waals surface area (Å²) in [5.41, 5.74) is 0.962. The number of methoxy groups -OCH3 is 1. The zero-order chi connectivity index (χ0) is 18.1. The average Bonchev–Trinajstić information content (AvgIpc) is 3.12. The lowest BCUT2D eigenvalue weighted by molar-refractivity contribution is -0.121. The van der Waals surface area contributed by atoms with E-state index in [1.807, 2.05) is 0 Å². The molecular formula is C17H22N4O4. The summed E-state index contributed by atoms with van der Waals surface area (Å²) in [6.45, 7) is 3.18. The predicted molar refractivity (Wildman–Crippen MR) is 89.7 cm³/mol. The van der Waals surface area contributed by atoms with E-state index in [0.29, 0.717) is 18.9 Å². The van der Waals surface area contributed by atoms with Gasteiger partial charge in [-0.1, -0.05) is 0 Å². The number of carbonyl (C=O) groups excluding carboxylic acids is 2. The first-order valence-corrected chi connectivity index (χ1v) is 7.96. The van der Waals surface area contributed by atoms with Crippen LogP contribution in [0.25, 0.3) is 0 Å². The van der Waals surface area contributed by atoms with Gasteiger partial charge in [-0.25, -0.2) is 4.98 Å². The minimum absolute atomic E-state index is 0.149. The highest BCUT2D eigenvalue weighted by atomic mass is 16.5. The number of hydrogen-bond donors (Lipinski definition) is 1. The number of amides is 2. The second kappa shape index (κ2) is 9.53. The zero-order valence-electron chi connectivity index (χ0n) is 14.4. The molecule has 0 fully saturated rings. The van der Waals surface area contributed by atoms with Crippen LogP contribution in [0.3, 0.4) is 0 Å². The van der Waals surface area contributed by atoms with Gasteiger partial charge >= 0.3 is 0 Å². The summed E-state index contributed by atoms with van der Waals surface area (Å²) in [7, 11) is 1.57. The van der Waals surface area contributed by atoms with Gasteiger partial charge in [0.2, 0.25) is 5.91 Å². The molecule has 2 amide bonds. The number of hydrogen-bond acceptors (Lipinski definition) is 6. The lowest BCUT2D eigenvalue weighted by atomic mass is 10.3. The highest BCUT2D eigenvalue weighted by Crippen LogP contribution is 2.10. The van der Waals surface area contributed by atoms with Crippen molar-refractivity contribution in [2.75, 3.05) is 26.8 Å². The molecule has 8 heteroatoms. The Labute approximate surface area is 146 Å². The van der Waals surface area contributed by atoms with Crippen molar-refractivity contribution in [2.45, 2.75) is 19.9 Å². The largest absolute Gasteiger partial charge is 0.467 e. The van der Waals surface area contributed by atoms with Gasteiger partial charge in [0, 0.05) is 32.8 Å². The molecule has 0 spiro atoms. The first kappa shape index (κ1) is 18.6. The van der Waals surface area contributed by atoms with E-state index in [1.54, 1.807) is 32.4 Å². The third-order valence-corrected chi connectivity index (χ3v) is 3.45. The van der Waals surface area contributed by atoms with E-state index < -0.39 is 0 Å². The van der Waals surface area contributed by atoms with E-state index in [4.69, 9.17) is 9.15 Å².